The molecule has 3 rings (SSSR count). The first-order valence-electron chi connectivity index (χ1n) is 11.1. The van der Waals surface area contributed by atoms with Crippen molar-refractivity contribution in [2.75, 3.05) is 38.5 Å². The van der Waals surface area contributed by atoms with Crippen LogP contribution in [0.4, 0.5) is 10.1 Å². The van der Waals surface area contributed by atoms with Crippen molar-refractivity contribution < 1.29 is 17.6 Å². The summed E-state index contributed by atoms with van der Waals surface area (Å²) >= 11 is 0. The second-order valence-electron chi connectivity index (χ2n) is 8.67. The minimum Gasteiger partial charge on any atom is -0.337 e. The maximum absolute atomic E-state index is 13.9. The third kappa shape index (κ3) is 6.53. The van der Waals surface area contributed by atoms with Gasteiger partial charge in [-0.15, -0.1) is 0 Å². The van der Waals surface area contributed by atoms with Crippen molar-refractivity contribution in [3.8, 4) is 0 Å². The van der Waals surface area contributed by atoms with Crippen LogP contribution in [-0.2, 0) is 10.0 Å². The molecule has 1 aliphatic rings. The summed E-state index contributed by atoms with van der Waals surface area (Å²) in [4.78, 5) is 17.1. The molecular formula is C24H32FN3O3S. The molecule has 2 aromatic carbocycles. The lowest BCUT2D eigenvalue weighted by atomic mass is 9.89. The number of sulfonamides is 1. The maximum atomic E-state index is 13.9. The van der Waals surface area contributed by atoms with Gasteiger partial charge in [-0.25, -0.2) is 12.8 Å². The first-order chi connectivity index (χ1) is 15.3. The number of carbonyl (C=O) groups is 1. The van der Waals surface area contributed by atoms with Crippen molar-refractivity contribution in [2.45, 2.75) is 37.0 Å². The number of nitrogens with zero attached hydrogens (tertiary/aromatic N) is 2. The van der Waals surface area contributed by atoms with Crippen LogP contribution >= 0.6 is 0 Å². The van der Waals surface area contributed by atoms with Crippen LogP contribution in [0.1, 0.15) is 42.5 Å². The Morgan fingerprint density at radius 2 is 1.75 bits per heavy atom. The molecule has 0 bridgehead atoms. The molecule has 1 fully saturated rings. The fourth-order valence-corrected chi connectivity index (χ4v) is 5.12. The summed E-state index contributed by atoms with van der Waals surface area (Å²) in [6.07, 6.45) is 5.86. The summed E-state index contributed by atoms with van der Waals surface area (Å²) in [6.45, 7) is 1.98. The molecular weight excluding hydrogens is 429 g/mol. The SMILES string of the molecule is CN(C)CCN(CC1CCCCC1)C(=O)c1cccc(S(=O)(=O)Nc2ccccc2F)c1. The molecule has 1 N–H and O–H groups in total. The smallest absolute Gasteiger partial charge is 0.262 e. The molecule has 2 aromatic rings. The summed E-state index contributed by atoms with van der Waals surface area (Å²) in [5.74, 6) is -0.365. The summed E-state index contributed by atoms with van der Waals surface area (Å²) in [5, 5.41) is 0. The van der Waals surface area contributed by atoms with E-state index in [0.717, 1.165) is 19.4 Å². The minimum atomic E-state index is -4.04. The van der Waals surface area contributed by atoms with Gasteiger partial charge in [0, 0.05) is 25.2 Å². The van der Waals surface area contributed by atoms with Crippen LogP contribution in [0.5, 0.6) is 0 Å². The number of rotatable bonds is 9. The summed E-state index contributed by atoms with van der Waals surface area (Å²) in [7, 11) is -0.113. The fraction of sp³-hybridized carbons (Fsp3) is 0.458. The Labute approximate surface area is 190 Å². The maximum Gasteiger partial charge on any atom is 0.262 e. The molecule has 0 radical (unpaired) electrons. The van der Waals surface area contributed by atoms with E-state index in [1.165, 1.54) is 49.6 Å². The second kappa shape index (κ2) is 10.9. The third-order valence-electron chi connectivity index (χ3n) is 5.82. The van der Waals surface area contributed by atoms with Gasteiger partial charge in [0.2, 0.25) is 0 Å². The average Bonchev–Trinajstić information content (AvgIpc) is 2.78. The number of nitrogens with one attached hydrogen (secondary N) is 1. The van der Waals surface area contributed by atoms with Gasteiger partial charge in [-0.05, 0) is 63.2 Å². The average molecular weight is 462 g/mol. The number of amides is 1. The summed E-state index contributed by atoms with van der Waals surface area (Å²) < 4.78 is 41.8. The van der Waals surface area contributed by atoms with Gasteiger partial charge >= 0.3 is 0 Å². The number of anilines is 1. The molecule has 0 atom stereocenters. The standard InChI is InChI=1S/C24H32FN3O3S/c1-27(2)15-16-28(18-19-9-4-3-5-10-19)24(29)20-11-8-12-21(17-20)32(30,31)26-23-14-7-6-13-22(23)25/h6-8,11-14,17,19,26H,3-5,9-10,15-16,18H2,1-2H3. The lowest BCUT2D eigenvalue weighted by Crippen LogP contribution is -2.40. The first kappa shape index (κ1) is 24.2. The molecule has 0 saturated heterocycles. The van der Waals surface area contributed by atoms with Gasteiger partial charge in [0.05, 0.1) is 10.6 Å². The minimum absolute atomic E-state index is 0.0724. The first-order valence-corrected chi connectivity index (χ1v) is 12.6. The molecule has 0 aromatic heterocycles. The van der Waals surface area contributed by atoms with Crippen LogP contribution in [0, 0.1) is 11.7 Å². The lowest BCUT2D eigenvalue weighted by molar-refractivity contribution is 0.0701. The Kier molecular flexibility index (Phi) is 8.26. The van der Waals surface area contributed by atoms with Crippen LogP contribution in [0.15, 0.2) is 53.4 Å². The number of hydrogen-bond donors (Lipinski definition) is 1. The van der Waals surface area contributed by atoms with Crippen LogP contribution in [-0.4, -0.2) is 57.9 Å². The highest BCUT2D eigenvalue weighted by Crippen LogP contribution is 2.25. The van der Waals surface area contributed by atoms with Gasteiger partial charge in [0.15, 0.2) is 0 Å². The highest BCUT2D eigenvalue weighted by molar-refractivity contribution is 7.92. The van der Waals surface area contributed by atoms with E-state index >= 15 is 0 Å². The van der Waals surface area contributed by atoms with E-state index in [-0.39, 0.29) is 16.5 Å². The van der Waals surface area contributed by atoms with Crippen molar-refractivity contribution in [2.24, 2.45) is 5.92 Å². The zero-order valence-corrected chi connectivity index (χ0v) is 19.6. The molecule has 174 valence electrons. The number of benzene rings is 2. The van der Waals surface area contributed by atoms with Crippen LogP contribution in [0.2, 0.25) is 0 Å². The van der Waals surface area contributed by atoms with Crippen LogP contribution in [0.3, 0.4) is 0 Å². The van der Waals surface area contributed by atoms with Crippen molar-refractivity contribution in [1.29, 1.82) is 0 Å². The Morgan fingerprint density at radius 1 is 1.03 bits per heavy atom. The van der Waals surface area contributed by atoms with E-state index in [1.54, 1.807) is 18.2 Å². The van der Waals surface area contributed by atoms with Gasteiger partial charge in [-0.2, -0.15) is 0 Å². The van der Waals surface area contributed by atoms with E-state index in [0.29, 0.717) is 24.6 Å². The van der Waals surface area contributed by atoms with Gasteiger partial charge in [0.25, 0.3) is 15.9 Å². The second-order valence-corrected chi connectivity index (χ2v) is 10.4. The van der Waals surface area contributed by atoms with Crippen LogP contribution < -0.4 is 4.72 Å². The molecule has 8 heteroatoms. The Morgan fingerprint density at radius 3 is 2.44 bits per heavy atom. The van der Waals surface area contributed by atoms with Crippen molar-refractivity contribution >= 4 is 21.6 Å². The molecule has 0 unspecified atom stereocenters. The number of halogens is 1. The molecule has 1 aliphatic carbocycles. The Balaban J connectivity index is 1.81. The van der Waals surface area contributed by atoms with Crippen LogP contribution in [0.25, 0.3) is 0 Å². The molecule has 0 heterocycles. The molecule has 0 aliphatic heterocycles. The summed E-state index contributed by atoms with van der Waals surface area (Å²) in [5.41, 5.74) is 0.185. The number of likely N-dealkylation sites (N-methyl/N-ethyl adjacent to an activating group) is 1. The van der Waals surface area contributed by atoms with Gasteiger partial charge < -0.3 is 9.80 Å². The highest BCUT2D eigenvalue weighted by Gasteiger charge is 2.24. The number of hydrogen-bond acceptors (Lipinski definition) is 4. The van der Waals surface area contributed by atoms with E-state index in [9.17, 15) is 17.6 Å². The number of carbonyl (C=O) groups excluding carboxylic acids is 1. The summed E-state index contributed by atoms with van der Waals surface area (Å²) in [6, 6.07) is 11.5. The molecule has 0 spiro atoms. The molecule has 32 heavy (non-hydrogen) atoms. The lowest BCUT2D eigenvalue weighted by Gasteiger charge is -2.31. The van der Waals surface area contributed by atoms with E-state index in [2.05, 4.69) is 4.72 Å². The van der Waals surface area contributed by atoms with Crippen molar-refractivity contribution in [3.05, 3.63) is 59.9 Å². The monoisotopic (exact) mass is 461 g/mol. The zero-order valence-electron chi connectivity index (χ0n) is 18.8. The topological polar surface area (TPSA) is 69.7 Å². The van der Waals surface area contributed by atoms with E-state index in [4.69, 9.17) is 0 Å². The predicted octanol–water partition coefficient (Wildman–Crippen LogP) is 4.21. The predicted molar refractivity (Wildman–Crippen MR) is 125 cm³/mol. The third-order valence-corrected chi connectivity index (χ3v) is 7.18. The Bertz CT molecular complexity index is 1020. The van der Waals surface area contributed by atoms with Gasteiger partial charge in [-0.3, -0.25) is 9.52 Å². The zero-order chi connectivity index (χ0) is 23.1. The molecule has 1 amide bonds. The number of para-hydroxylation sites is 1. The largest absolute Gasteiger partial charge is 0.337 e. The quantitative estimate of drug-likeness (QED) is 0.607. The molecule has 1 saturated carbocycles. The van der Waals surface area contributed by atoms with E-state index in [1.807, 2.05) is 23.9 Å². The van der Waals surface area contributed by atoms with Gasteiger partial charge in [-0.1, -0.05) is 37.5 Å². The van der Waals surface area contributed by atoms with E-state index < -0.39 is 15.8 Å². The molecule has 6 nitrogen and oxygen atoms in total. The highest BCUT2D eigenvalue weighted by atomic mass is 32.2. The van der Waals surface area contributed by atoms with Crippen molar-refractivity contribution in [1.82, 2.24) is 9.80 Å². The Hall–Kier alpha value is -2.45. The van der Waals surface area contributed by atoms with Gasteiger partial charge in [0.1, 0.15) is 5.82 Å². The normalized spacial score (nSPS) is 15.0. The fourth-order valence-electron chi connectivity index (χ4n) is 4.00. The van der Waals surface area contributed by atoms with Crippen molar-refractivity contribution in [3.63, 3.8) is 0 Å².